The number of nitrogens with zero attached hydrogens (tertiary/aromatic N) is 2. The Hall–Kier alpha value is -1.45. The highest BCUT2D eigenvalue weighted by atomic mass is 16.3. The number of hydrogen-bond donors (Lipinski definition) is 1. The van der Waals surface area contributed by atoms with Crippen molar-refractivity contribution >= 4 is 10.9 Å². The van der Waals surface area contributed by atoms with Gasteiger partial charge in [-0.2, -0.15) is 0 Å². The number of aliphatic hydroxyl groups is 1. The van der Waals surface area contributed by atoms with Crippen LogP contribution in [0.5, 0.6) is 0 Å². The molecule has 2 bridgehead atoms. The van der Waals surface area contributed by atoms with E-state index in [1.54, 1.807) is 0 Å². The van der Waals surface area contributed by atoms with Crippen molar-refractivity contribution < 1.29 is 5.11 Å². The smallest absolute Gasteiger partial charge is 0.0932 e. The SMILES string of the molecule is CN1C2CCCC1CC(O)(c1cccc3ncccc13)C2. The normalized spacial score (nSPS) is 33.2. The summed E-state index contributed by atoms with van der Waals surface area (Å²) in [4.78, 5) is 6.92. The van der Waals surface area contributed by atoms with Gasteiger partial charge in [0.05, 0.1) is 11.1 Å². The molecule has 3 heteroatoms. The maximum absolute atomic E-state index is 11.4. The summed E-state index contributed by atoms with van der Waals surface area (Å²) in [6, 6.07) is 11.2. The van der Waals surface area contributed by atoms with E-state index in [9.17, 15) is 5.11 Å². The summed E-state index contributed by atoms with van der Waals surface area (Å²) < 4.78 is 0. The first-order valence-electron chi connectivity index (χ1n) is 7.96. The van der Waals surface area contributed by atoms with Crippen LogP contribution in [0.25, 0.3) is 10.9 Å². The van der Waals surface area contributed by atoms with Gasteiger partial charge in [-0.3, -0.25) is 4.98 Å². The van der Waals surface area contributed by atoms with Crippen LogP contribution in [0.15, 0.2) is 36.5 Å². The molecular formula is C18H22N2O. The van der Waals surface area contributed by atoms with Crippen LogP contribution in [0.1, 0.15) is 37.7 Å². The summed E-state index contributed by atoms with van der Waals surface area (Å²) in [6.07, 6.45) is 7.21. The highest BCUT2D eigenvalue weighted by molar-refractivity contribution is 5.82. The second-order valence-corrected chi connectivity index (χ2v) is 6.72. The molecule has 1 N–H and O–H groups in total. The molecule has 1 aromatic carbocycles. The predicted octanol–water partition coefficient (Wildman–Crippen LogP) is 3.07. The monoisotopic (exact) mass is 282 g/mol. The number of rotatable bonds is 1. The summed E-state index contributed by atoms with van der Waals surface area (Å²) in [7, 11) is 2.22. The van der Waals surface area contributed by atoms with E-state index in [1.807, 2.05) is 24.4 Å². The quantitative estimate of drug-likeness (QED) is 0.873. The minimum absolute atomic E-state index is 0.509. The van der Waals surface area contributed by atoms with Gasteiger partial charge in [-0.1, -0.05) is 24.6 Å². The molecule has 0 spiro atoms. The molecule has 21 heavy (non-hydrogen) atoms. The van der Waals surface area contributed by atoms with Gasteiger partial charge >= 0.3 is 0 Å². The third-order valence-electron chi connectivity index (χ3n) is 5.52. The molecule has 3 heterocycles. The fraction of sp³-hybridized carbons (Fsp3) is 0.500. The van der Waals surface area contributed by atoms with Crippen molar-refractivity contribution in [3.8, 4) is 0 Å². The lowest BCUT2D eigenvalue weighted by molar-refractivity contribution is -0.0866. The van der Waals surface area contributed by atoms with Crippen LogP contribution < -0.4 is 0 Å². The van der Waals surface area contributed by atoms with E-state index >= 15 is 0 Å². The van der Waals surface area contributed by atoms with Crippen molar-refractivity contribution in [3.63, 3.8) is 0 Å². The molecule has 3 nitrogen and oxygen atoms in total. The fourth-order valence-corrected chi connectivity index (χ4v) is 4.38. The first-order valence-corrected chi connectivity index (χ1v) is 7.96. The fourth-order valence-electron chi connectivity index (χ4n) is 4.38. The maximum atomic E-state index is 11.4. The lowest BCUT2D eigenvalue weighted by Crippen LogP contribution is -2.55. The van der Waals surface area contributed by atoms with Crippen LogP contribution >= 0.6 is 0 Å². The van der Waals surface area contributed by atoms with Gasteiger partial charge in [0.1, 0.15) is 0 Å². The molecule has 2 unspecified atom stereocenters. The molecule has 2 aliphatic heterocycles. The molecule has 0 saturated carbocycles. The third kappa shape index (κ3) is 2.07. The average molecular weight is 282 g/mol. The van der Waals surface area contributed by atoms with E-state index < -0.39 is 5.60 Å². The largest absolute Gasteiger partial charge is 0.385 e. The molecule has 2 aliphatic rings. The van der Waals surface area contributed by atoms with E-state index in [-0.39, 0.29) is 0 Å². The van der Waals surface area contributed by atoms with Gasteiger partial charge < -0.3 is 10.0 Å². The summed E-state index contributed by atoms with van der Waals surface area (Å²) in [5.41, 5.74) is 1.34. The Balaban J connectivity index is 1.81. The van der Waals surface area contributed by atoms with Crippen molar-refractivity contribution in [1.82, 2.24) is 9.88 Å². The Bertz CT molecular complexity index is 650. The Labute approximate surface area is 125 Å². The zero-order chi connectivity index (χ0) is 14.4. The average Bonchev–Trinajstić information content (AvgIpc) is 2.48. The number of piperidine rings is 2. The zero-order valence-electron chi connectivity index (χ0n) is 12.5. The first-order chi connectivity index (χ1) is 10.2. The number of fused-ring (bicyclic) bond motifs is 3. The first kappa shape index (κ1) is 13.2. The van der Waals surface area contributed by atoms with Crippen molar-refractivity contribution in [3.05, 3.63) is 42.1 Å². The van der Waals surface area contributed by atoms with E-state index in [1.165, 1.54) is 19.3 Å². The van der Waals surface area contributed by atoms with Crippen molar-refractivity contribution in [2.45, 2.75) is 49.8 Å². The zero-order valence-corrected chi connectivity index (χ0v) is 12.5. The second-order valence-electron chi connectivity index (χ2n) is 6.72. The second kappa shape index (κ2) is 4.79. The minimum atomic E-state index is -0.704. The van der Waals surface area contributed by atoms with E-state index in [2.05, 4.69) is 29.1 Å². The van der Waals surface area contributed by atoms with Crippen molar-refractivity contribution in [2.24, 2.45) is 0 Å². The van der Waals surface area contributed by atoms with Crippen LogP contribution in [0.2, 0.25) is 0 Å². The van der Waals surface area contributed by atoms with Gasteiger partial charge in [0.2, 0.25) is 0 Å². The molecular weight excluding hydrogens is 260 g/mol. The van der Waals surface area contributed by atoms with Gasteiger partial charge in [-0.05, 0) is 50.4 Å². The van der Waals surface area contributed by atoms with Gasteiger partial charge in [-0.25, -0.2) is 0 Å². The minimum Gasteiger partial charge on any atom is -0.385 e. The standard InChI is InChI=1S/C18H22N2O/c1-20-13-5-2-6-14(20)12-18(21,11-13)16-8-3-9-17-15(16)7-4-10-19-17/h3-4,7-10,13-14,21H,2,5-6,11-12H2,1H3. The predicted molar refractivity (Wildman–Crippen MR) is 84.1 cm³/mol. The number of hydrogen-bond acceptors (Lipinski definition) is 3. The van der Waals surface area contributed by atoms with Crippen LogP contribution in [0, 0.1) is 0 Å². The van der Waals surface area contributed by atoms with Gasteiger partial charge in [-0.15, -0.1) is 0 Å². The molecule has 4 rings (SSSR count). The lowest BCUT2D eigenvalue weighted by atomic mass is 9.72. The van der Waals surface area contributed by atoms with Gasteiger partial charge in [0.25, 0.3) is 0 Å². The topological polar surface area (TPSA) is 36.4 Å². The molecule has 0 radical (unpaired) electrons. The van der Waals surface area contributed by atoms with E-state index in [0.717, 1.165) is 29.3 Å². The Morgan fingerprint density at radius 2 is 1.90 bits per heavy atom. The van der Waals surface area contributed by atoms with Gasteiger partial charge in [0, 0.05) is 23.7 Å². The molecule has 2 saturated heterocycles. The number of benzene rings is 1. The highest BCUT2D eigenvalue weighted by Crippen LogP contribution is 2.45. The van der Waals surface area contributed by atoms with Crippen LogP contribution in [0.3, 0.4) is 0 Å². The van der Waals surface area contributed by atoms with Crippen LogP contribution in [-0.4, -0.2) is 34.1 Å². The molecule has 2 atom stereocenters. The maximum Gasteiger partial charge on any atom is 0.0932 e. The summed E-state index contributed by atoms with van der Waals surface area (Å²) in [5.74, 6) is 0. The Morgan fingerprint density at radius 1 is 1.14 bits per heavy atom. The van der Waals surface area contributed by atoms with E-state index in [0.29, 0.717) is 12.1 Å². The Kier molecular flexibility index (Phi) is 3.02. The molecule has 2 fully saturated rings. The number of aromatic nitrogens is 1. The van der Waals surface area contributed by atoms with E-state index in [4.69, 9.17) is 0 Å². The molecule has 110 valence electrons. The molecule has 0 amide bonds. The summed E-state index contributed by atoms with van der Waals surface area (Å²) >= 11 is 0. The highest BCUT2D eigenvalue weighted by Gasteiger charge is 2.45. The molecule has 0 aliphatic carbocycles. The Morgan fingerprint density at radius 3 is 2.67 bits per heavy atom. The van der Waals surface area contributed by atoms with Crippen molar-refractivity contribution in [1.29, 1.82) is 0 Å². The summed E-state index contributed by atoms with van der Waals surface area (Å²) in [5, 5.41) is 12.5. The molecule has 2 aromatic rings. The number of pyridine rings is 1. The molecule has 1 aromatic heterocycles. The van der Waals surface area contributed by atoms with Crippen LogP contribution in [-0.2, 0) is 5.60 Å². The summed E-state index contributed by atoms with van der Waals surface area (Å²) in [6.45, 7) is 0. The van der Waals surface area contributed by atoms with Gasteiger partial charge in [0.15, 0.2) is 0 Å². The lowest BCUT2D eigenvalue weighted by Gasteiger charge is -2.51. The van der Waals surface area contributed by atoms with Crippen molar-refractivity contribution in [2.75, 3.05) is 7.05 Å². The van der Waals surface area contributed by atoms with Crippen LogP contribution in [0.4, 0.5) is 0 Å². The third-order valence-corrected chi connectivity index (χ3v) is 5.52.